The molecule has 24 heavy (non-hydrogen) atoms. The average Bonchev–Trinajstić information content (AvgIpc) is 3.01. The Morgan fingerprint density at radius 1 is 0.958 bits per heavy atom. The summed E-state index contributed by atoms with van der Waals surface area (Å²) in [5.41, 5.74) is 0.0345. The highest BCUT2D eigenvalue weighted by molar-refractivity contribution is 7.98. The molecular formula is C17H12F4N2S. The second-order valence-corrected chi connectivity index (χ2v) is 5.91. The SMILES string of the molecule is CSc1ccc(-c2cc(C(F)(F)F)n(-c3ccc(F)cc3)n2)cc1. The van der Waals surface area contributed by atoms with E-state index in [0.717, 1.165) is 27.8 Å². The second-order valence-electron chi connectivity index (χ2n) is 5.03. The number of rotatable bonds is 3. The molecule has 0 unspecified atom stereocenters. The number of aromatic nitrogens is 2. The highest BCUT2D eigenvalue weighted by atomic mass is 32.2. The van der Waals surface area contributed by atoms with Gasteiger partial charge in [-0.1, -0.05) is 12.1 Å². The first kappa shape index (κ1) is 16.6. The minimum absolute atomic E-state index is 0.149. The predicted octanol–water partition coefficient (Wildman–Crippen LogP) is 5.42. The molecule has 0 aliphatic heterocycles. The Morgan fingerprint density at radius 2 is 1.58 bits per heavy atom. The van der Waals surface area contributed by atoms with Gasteiger partial charge < -0.3 is 0 Å². The van der Waals surface area contributed by atoms with Crippen LogP contribution in [0.3, 0.4) is 0 Å². The molecule has 0 fully saturated rings. The first-order valence-electron chi connectivity index (χ1n) is 6.96. The van der Waals surface area contributed by atoms with E-state index in [1.54, 1.807) is 23.9 Å². The third-order valence-corrected chi connectivity index (χ3v) is 4.20. The van der Waals surface area contributed by atoms with Gasteiger partial charge in [0.25, 0.3) is 0 Å². The van der Waals surface area contributed by atoms with E-state index < -0.39 is 17.7 Å². The maximum atomic E-state index is 13.3. The molecule has 1 aromatic heterocycles. The summed E-state index contributed by atoms with van der Waals surface area (Å²) < 4.78 is 53.8. The van der Waals surface area contributed by atoms with Gasteiger partial charge in [0.2, 0.25) is 0 Å². The van der Waals surface area contributed by atoms with Crippen LogP contribution in [-0.2, 0) is 6.18 Å². The molecule has 0 aliphatic carbocycles. The van der Waals surface area contributed by atoms with Crippen molar-refractivity contribution in [2.24, 2.45) is 0 Å². The Kier molecular flexibility index (Phi) is 4.36. The minimum atomic E-state index is -4.57. The molecule has 0 bridgehead atoms. The summed E-state index contributed by atoms with van der Waals surface area (Å²) in [5, 5.41) is 4.07. The summed E-state index contributed by atoms with van der Waals surface area (Å²) in [4.78, 5) is 1.01. The van der Waals surface area contributed by atoms with E-state index in [1.807, 2.05) is 18.4 Å². The van der Waals surface area contributed by atoms with Crippen molar-refractivity contribution in [1.82, 2.24) is 9.78 Å². The quantitative estimate of drug-likeness (QED) is 0.463. The summed E-state index contributed by atoms with van der Waals surface area (Å²) in [6.45, 7) is 0. The molecule has 3 aromatic rings. The summed E-state index contributed by atoms with van der Waals surface area (Å²) >= 11 is 1.54. The van der Waals surface area contributed by atoms with Crippen LogP contribution >= 0.6 is 11.8 Å². The van der Waals surface area contributed by atoms with E-state index in [9.17, 15) is 17.6 Å². The van der Waals surface area contributed by atoms with Crippen molar-refractivity contribution in [3.63, 3.8) is 0 Å². The predicted molar refractivity (Wildman–Crippen MR) is 85.7 cm³/mol. The lowest BCUT2D eigenvalue weighted by Gasteiger charge is -2.09. The molecule has 2 aromatic carbocycles. The van der Waals surface area contributed by atoms with E-state index in [2.05, 4.69) is 5.10 Å². The van der Waals surface area contributed by atoms with E-state index >= 15 is 0 Å². The van der Waals surface area contributed by atoms with E-state index in [-0.39, 0.29) is 11.4 Å². The lowest BCUT2D eigenvalue weighted by atomic mass is 10.1. The standard InChI is InChI=1S/C17H12F4N2S/c1-24-14-8-2-11(3-9-14)15-10-16(17(19,20)21)23(22-15)13-6-4-12(18)5-7-13/h2-10H,1H3. The molecule has 124 valence electrons. The first-order valence-corrected chi connectivity index (χ1v) is 8.18. The van der Waals surface area contributed by atoms with Crippen LogP contribution in [0.2, 0.25) is 0 Å². The zero-order valence-corrected chi connectivity index (χ0v) is 13.3. The van der Waals surface area contributed by atoms with Gasteiger partial charge in [-0.2, -0.15) is 18.3 Å². The van der Waals surface area contributed by atoms with Crippen LogP contribution in [0.4, 0.5) is 17.6 Å². The van der Waals surface area contributed by atoms with Gasteiger partial charge in [-0.05, 0) is 48.7 Å². The fraction of sp³-hybridized carbons (Fsp3) is 0.118. The molecule has 0 aliphatic rings. The lowest BCUT2D eigenvalue weighted by Crippen LogP contribution is -2.13. The normalized spacial score (nSPS) is 11.7. The zero-order chi connectivity index (χ0) is 17.3. The van der Waals surface area contributed by atoms with Gasteiger partial charge in [0.15, 0.2) is 0 Å². The summed E-state index contributed by atoms with van der Waals surface area (Å²) in [7, 11) is 0. The van der Waals surface area contributed by atoms with Crippen LogP contribution in [0.25, 0.3) is 16.9 Å². The largest absolute Gasteiger partial charge is 0.433 e. The highest BCUT2D eigenvalue weighted by Gasteiger charge is 2.36. The van der Waals surface area contributed by atoms with Crippen molar-refractivity contribution in [1.29, 1.82) is 0 Å². The van der Waals surface area contributed by atoms with Crippen molar-refractivity contribution < 1.29 is 17.6 Å². The third kappa shape index (κ3) is 3.31. The van der Waals surface area contributed by atoms with Crippen LogP contribution in [0.15, 0.2) is 59.5 Å². The molecule has 1 heterocycles. The molecule has 0 amide bonds. The molecule has 2 nitrogen and oxygen atoms in total. The molecule has 0 N–H and O–H groups in total. The van der Waals surface area contributed by atoms with Gasteiger partial charge in [0.1, 0.15) is 11.5 Å². The molecule has 3 rings (SSSR count). The Bertz CT molecular complexity index is 837. The zero-order valence-electron chi connectivity index (χ0n) is 12.5. The molecule has 0 radical (unpaired) electrons. The van der Waals surface area contributed by atoms with Crippen molar-refractivity contribution in [2.75, 3.05) is 6.26 Å². The number of alkyl halides is 3. The monoisotopic (exact) mass is 352 g/mol. The van der Waals surface area contributed by atoms with Crippen LogP contribution in [0.1, 0.15) is 5.69 Å². The van der Waals surface area contributed by atoms with Crippen LogP contribution < -0.4 is 0 Å². The molecule has 0 spiro atoms. The smallest absolute Gasteiger partial charge is 0.228 e. The molecule has 0 saturated heterocycles. The second kappa shape index (κ2) is 6.32. The van der Waals surface area contributed by atoms with Crippen LogP contribution in [0.5, 0.6) is 0 Å². The van der Waals surface area contributed by atoms with Gasteiger partial charge >= 0.3 is 6.18 Å². The van der Waals surface area contributed by atoms with Crippen LogP contribution in [-0.4, -0.2) is 16.0 Å². The Morgan fingerprint density at radius 3 is 2.12 bits per heavy atom. The summed E-state index contributed by atoms with van der Waals surface area (Å²) in [5.74, 6) is -0.521. The number of benzene rings is 2. The fourth-order valence-electron chi connectivity index (χ4n) is 2.26. The van der Waals surface area contributed by atoms with E-state index in [0.29, 0.717) is 5.56 Å². The molecule has 0 saturated carbocycles. The van der Waals surface area contributed by atoms with Crippen molar-refractivity contribution in [2.45, 2.75) is 11.1 Å². The summed E-state index contributed by atoms with van der Waals surface area (Å²) in [6.07, 6.45) is -2.65. The topological polar surface area (TPSA) is 17.8 Å². The van der Waals surface area contributed by atoms with Gasteiger partial charge in [-0.15, -0.1) is 11.8 Å². The summed E-state index contributed by atoms with van der Waals surface area (Å²) in [6, 6.07) is 12.8. The Hall–Kier alpha value is -2.28. The number of hydrogen-bond acceptors (Lipinski definition) is 2. The van der Waals surface area contributed by atoms with E-state index in [1.165, 1.54) is 12.1 Å². The van der Waals surface area contributed by atoms with Gasteiger partial charge in [0.05, 0.1) is 11.4 Å². The Labute approximate surface area is 140 Å². The van der Waals surface area contributed by atoms with E-state index in [4.69, 9.17) is 0 Å². The van der Waals surface area contributed by atoms with Crippen molar-refractivity contribution in [3.05, 3.63) is 66.1 Å². The number of nitrogens with zero attached hydrogens (tertiary/aromatic N) is 2. The number of hydrogen-bond donors (Lipinski definition) is 0. The van der Waals surface area contributed by atoms with Crippen LogP contribution in [0, 0.1) is 5.82 Å². The average molecular weight is 352 g/mol. The Balaban J connectivity index is 2.10. The van der Waals surface area contributed by atoms with Crippen molar-refractivity contribution >= 4 is 11.8 Å². The minimum Gasteiger partial charge on any atom is -0.228 e. The number of halogens is 4. The molecular weight excluding hydrogens is 340 g/mol. The highest BCUT2D eigenvalue weighted by Crippen LogP contribution is 2.34. The van der Waals surface area contributed by atoms with Crippen molar-refractivity contribution in [3.8, 4) is 16.9 Å². The fourth-order valence-corrected chi connectivity index (χ4v) is 2.67. The number of thioether (sulfide) groups is 1. The first-order chi connectivity index (χ1) is 11.4. The van der Waals surface area contributed by atoms with Gasteiger partial charge in [0, 0.05) is 10.5 Å². The third-order valence-electron chi connectivity index (χ3n) is 3.46. The lowest BCUT2D eigenvalue weighted by molar-refractivity contribution is -0.142. The maximum Gasteiger partial charge on any atom is 0.433 e. The van der Waals surface area contributed by atoms with Gasteiger partial charge in [-0.3, -0.25) is 0 Å². The molecule has 0 atom stereocenters. The van der Waals surface area contributed by atoms with Gasteiger partial charge in [-0.25, -0.2) is 9.07 Å². The molecule has 7 heteroatoms. The maximum absolute atomic E-state index is 13.3.